The molecule has 4 aliphatic heterocycles. The van der Waals surface area contributed by atoms with Crippen molar-refractivity contribution >= 4 is 23.8 Å². The quantitative estimate of drug-likeness (QED) is 0.0320. The number of rotatable bonds is 25. The number of carboxylic acid groups (broad SMARTS) is 1. The Morgan fingerprint density at radius 1 is 0.730 bits per heavy atom. The summed E-state index contributed by atoms with van der Waals surface area (Å²) in [6.45, 7) is -2.88. The molecule has 422 valence electrons. The second kappa shape index (κ2) is 27.8. The summed E-state index contributed by atoms with van der Waals surface area (Å²) >= 11 is 0. The van der Waals surface area contributed by atoms with Gasteiger partial charge >= 0.3 is 11.9 Å². The molecule has 29 heteroatoms. The SMILES string of the molecule is COC(=O)CCCCCCCCO[C@@H]1OC(CO)[C@@H](OC2OC(CO)[C@H](O)C(O[C@]3(C(=O)O)CC(O)[C@@H](NC(C)=O)C(C(O)C(O)CO)O3)C2O)C(O[C@@H]2OC[C@@H](O)C(O)C2O)C1NC(=O)c1cc(O)cc(O)c1. The number of carboxylic acids is 1. The van der Waals surface area contributed by atoms with E-state index in [9.17, 15) is 90.7 Å². The maximum absolute atomic E-state index is 14.0. The highest BCUT2D eigenvalue weighted by Gasteiger charge is 2.61. The van der Waals surface area contributed by atoms with Crippen LogP contribution >= 0.6 is 0 Å². The fourth-order valence-electron chi connectivity index (χ4n) is 9.00. The van der Waals surface area contributed by atoms with Crippen molar-refractivity contribution in [3.8, 4) is 11.5 Å². The van der Waals surface area contributed by atoms with Gasteiger partial charge in [-0.15, -0.1) is 0 Å². The molecule has 4 fully saturated rings. The molecule has 1 aromatic carbocycles. The molecule has 0 aromatic heterocycles. The summed E-state index contributed by atoms with van der Waals surface area (Å²) in [5, 5.41) is 155. The van der Waals surface area contributed by atoms with Crippen LogP contribution in [0.2, 0.25) is 0 Å². The third kappa shape index (κ3) is 15.1. The first-order valence-corrected chi connectivity index (χ1v) is 24.0. The minimum absolute atomic E-state index is 0.0694. The zero-order valence-electron chi connectivity index (χ0n) is 40.5. The maximum atomic E-state index is 14.0. The van der Waals surface area contributed by atoms with E-state index in [1.165, 1.54) is 7.11 Å². The highest BCUT2D eigenvalue weighted by molar-refractivity contribution is 5.95. The zero-order valence-corrected chi connectivity index (χ0v) is 40.5. The number of esters is 1. The Morgan fingerprint density at radius 2 is 1.35 bits per heavy atom. The van der Waals surface area contributed by atoms with Crippen LogP contribution in [0.3, 0.4) is 0 Å². The summed E-state index contributed by atoms with van der Waals surface area (Å²) in [6.07, 6.45) is -30.6. The number of unbranched alkanes of at least 4 members (excludes halogenated alkanes) is 5. The van der Waals surface area contributed by atoms with Gasteiger partial charge in [-0.25, -0.2) is 4.79 Å². The first-order chi connectivity index (χ1) is 35.1. The molecule has 16 N–H and O–H groups in total. The van der Waals surface area contributed by atoms with Crippen molar-refractivity contribution in [3.63, 3.8) is 0 Å². The lowest BCUT2D eigenvalue weighted by Gasteiger charge is -2.51. The van der Waals surface area contributed by atoms with E-state index in [-0.39, 0.29) is 24.6 Å². The van der Waals surface area contributed by atoms with Gasteiger partial charge in [-0.1, -0.05) is 25.7 Å². The fraction of sp³-hybridized carbons (Fsp3) is 0.778. The van der Waals surface area contributed by atoms with Crippen molar-refractivity contribution in [3.05, 3.63) is 23.8 Å². The number of nitrogens with one attached hydrogen (secondary N) is 2. The Morgan fingerprint density at radius 3 is 1.96 bits per heavy atom. The largest absolute Gasteiger partial charge is 0.508 e. The minimum Gasteiger partial charge on any atom is -0.508 e. The number of carbonyl (C=O) groups is 4. The van der Waals surface area contributed by atoms with Gasteiger partial charge in [0.25, 0.3) is 11.7 Å². The number of hydrogen-bond donors (Lipinski definition) is 16. The lowest BCUT2D eigenvalue weighted by Crippen LogP contribution is -2.71. The number of phenols is 2. The van der Waals surface area contributed by atoms with Crippen molar-refractivity contribution in [2.24, 2.45) is 0 Å². The summed E-state index contributed by atoms with van der Waals surface area (Å²) in [7, 11) is 1.30. The summed E-state index contributed by atoms with van der Waals surface area (Å²) in [4.78, 5) is 50.7. The van der Waals surface area contributed by atoms with E-state index in [4.69, 9.17) is 37.9 Å². The van der Waals surface area contributed by atoms with Crippen LogP contribution in [0, 0.1) is 0 Å². The molecule has 0 saturated carbocycles. The van der Waals surface area contributed by atoms with Crippen LogP contribution in [0.15, 0.2) is 18.2 Å². The highest BCUT2D eigenvalue weighted by Crippen LogP contribution is 2.39. The molecule has 0 spiro atoms. The number of aliphatic hydroxyl groups is 11. The van der Waals surface area contributed by atoms with E-state index in [0.29, 0.717) is 25.7 Å². The summed E-state index contributed by atoms with van der Waals surface area (Å²) < 4.78 is 52.2. The number of carbonyl (C=O) groups excluding carboxylic acids is 3. The monoisotopic (exact) mass is 1070 g/mol. The van der Waals surface area contributed by atoms with E-state index in [1.54, 1.807) is 0 Å². The summed E-state index contributed by atoms with van der Waals surface area (Å²) in [6, 6.07) is -0.420. The van der Waals surface area contributed by atoms with Gasteiger partial charge < -0.3 is 125 Å². The van der Waals surface area contributed by atoms with Crippen LogP contribution in [-0.4, -0.2) is 258 Å². The standard InChI is InChI=1S/C45H70N2O27/c1-19(51)46-29-23(54)14-45(44(64)65,73-37(29)32(59)24(55)15-48)74-39-33(60)26(16-49)69-43(35(39)62)71-36-27(17-50)70-41(67-10-8-6-4-3-5-7-9-28(57)66-2)30(47-40(63)20-11-21(52)13-22(53)12-20)38(36)72-42-34(61)31(58)25(56)18-68-42/h11-13,23-27,29-39,41-43,48-50,52-56,58-62H,3-10,14-18H2,1-2H3,(H,46,51)(H,47,63)(H,64,65)/t23?,24?,25-,26?,27?,29-,30?,31?,32?,33+,34?,35?,36-,37?,38?,39?,41-,42+,43?,45+/m1/s1. The second-order valence-corrected chi connectivity index (χ2v) is 18.4. The first kappa shape index (κ1) is 60.8. The van der Waals surface area contributed by atoms with Crippen molar-refractivity contribution in [2.45, 2.75) is 180 Å². The number of aliphatic carboxylic acids is 1. The average molecular weight is 1070 g/mol. The van der Waals surface area contributed by atoms with Gasteiger partial charge in [0.15, 0.2) is 18.9 Å². The van der Waals surface area contributed by atoms with Gasteiger partial charge in [0.1, 0.15) is 96.9 Å². The molecule has 0 bridgehead atoms. The van der Waals surface area contributed by atoms with Crippen molar-refractivity contribution in [1.82, 2.24) is 10.6 Å². The molecule has 2 amide bonds. The number of amides is 2. The molecule has 4 aliphatic rings. The molecule has 5 rings (SSSR count). The molecule has 4 heterocycles. The second-order valence-electron chi connectivity index (χ2n) is 18.4. The summed E-state index contributed by atoms with van der Waals surface area (Å²) in [5.41, 5.74) is -0.335. The van der Waals surface area contributed by atoms with E-state index in [2.05, 4.69) is 15.4 Å². The maximum Gasteiger partial charge on any atom is 0.364 e. The first-order valence-electron chi connectivity index (χ1n) is 24.0. The topological polar surface area (TPSA) is 459 Å². The Labute approximate surface area is 423 Å². The third-order valence-electron chi connectivity index (χ3n) is 12.9. The predicted octanol–water partition coefficient (Wildman–Crippen LogP) is -5.98. The average Bonchev–Trinajstić information content (AvgIpc) is 3.36. The molecule has 1 aromatic rings. The molecule has 4 saturated heterocycles. The number of ether oxygens (including phenoxy) is 9. The number of aromatic hydroxyl groups is 2. The van der Waals surface area contributed by atoms with Crippen molar-refractivity contribution < 1.29 is 133 Å². The number of phenolic OH excluding ortho intramolecular Hbond substituents is 2. The van der Waals surface area contributed by atoms with Crippen LogP contribution in [-0.2, 0) is 57.0 Å². The van der Waals surface area contributed by atoms with Gasteiger partial charge in [0.2, 0.25) is 5.91 Å². The van der Waals surface area contributed by atoms with Gasteiger partial charge in [0, 0.05) is 38.0 Å². The van der Waals surface area contributed by atoms with Gasteiger partial charge in [0.05, 0.1) is 45.7 Å². The molecule has 29 nitrogen and oxygen atoms in total. The lowest BCUT2D eigenvalue weighted by molar-refractivity contribution is -0.389. The normalized spacial score (nSPS) is 36.3. The predicted molar refractivity (Wildman–Crippen MR) is 240 cm³/mol. The van der Waals surface area contributed by atoms with E-state index < -0.39 is 184 Å². The van der Waals surface area contributed by atoms with Gasteiger partial charge in [-0.05, 0) is 25.0 Å². The van der Waals surface area contributed by atoms with Crippen LogP contribution in [0.5, 0.6) is 11.5 Å². The van der Waals surface area contributed by atoms with Crippen LogP contribution in [0.1, 0.15) is 68.6 Å². The number of methoxy groups -OCH3 is 1. The number of hydrogen-bond acceptors (Lipinski definition) is 26. The number of aliphatic hydroxyl groups excluding tert-OH is 11. The Balaban J connectivity index is 1.50. The van der Waals surface area contributed by atoms with Crippen LogP contribution in [0.4, 0.5) is 0 Å². The zero-order chi connectivity index (χ0) is 54.6. The van der Waals surface area contributed by atoms with Crippen LogP contribution in [0.25, 0.3) is 0 Å². The molecular weight excluding hydrogens is 1000 g/mol. The minimum atomic E-state index is -3.18. The molecule has 13 unspecified atom stereocenters. The lowest BCUT2D eigenvalue weighted by atomic mass is 9.88. The van der Waals surface area contributed by atoms with Crippen LogP contribution < -0.4 is 10.6 Å². The van der Waals surface area contributed by atoms with E-state index in [0.717, 1.165) is 38.0 Å². The Bertz CT molecular complexity index is 1950. The summed E-state index contributed by atoms with van der Waals surface area (Å²) in [5.74, 6) is -8.46. The molecule has 0 aliphatic carbocycles. The van der Waals surface area contributed by atoms with Crippen molar-refractivity contribution in [1.29, 1.82) is 0 Å². The highest BCUT2D eigenvalue weighted by atomic mass is 16.8. The van der Waals surface area contributed by atoms with E-state index >= 15 is 0 Å². The number of benzene rings is 1. The Kier molecular flexibility index (Phi) is 22.9. The molecule has 20 atom stereocenters. The molecule has 0 radical (unpaired) electrons. The molecule has 74 heavy (non-hydrogen) atoms. The van der Waals surface area contributed by atoms with Gasteiger partial charge in [-0.3, -0.25) is 14.4 Å². The molecular formula is C45H70N2O27. The van der Waals surface area contributed by atoms with Gasteiger partial charge in [-0.2, -0.15) is 0 Å². The Hall–Kier alpha value is -4.06. The fourth-order valence-corrected chi connectivity index (χ4v) is 9.00. The smallest absolute Gasteiger partial charge is 0.364 e. The van der Waals surface area contributed by atoms with Crippen molar-refractivity contribution in [2.75, 3.05) is 40.1 Å². The third-order valence-corrected chi connectivity index (χ3v) is 12.9. The van der Waals surface area contributed by atoms with E-state index in [1.807, 2.05) is 0 Å².